The third kappa shape index (κ3) is 3.22. The van der Waals surface area contributed by atoms with E-state index < -0.39 is 5.97 Å². The van der Waals surface area contributed by atoms with E-state index in [1.807, 2.05) is 0 Å². The zero-order chi connectivity index (χ0) is 13.0. The average Bonchev–Trinajstić information content (AvgIpc) is 2.96. The van der Waals surface area contributed by atoms with Crippen LogP contribution < -0.4 is 5.32 Å². The van der Waals surface area contributed by atoms with E-state index in [9.17, 15) is 9.59 Å². The molecular weight excluding hydrogens is 274 g/mol. The molecule has 0 unspecified atom stereocenters. The summed E-state index contributed by atoms with van der Waals surface area (Å²) in [6.07, 6.45) is 3.93. The summed E-state index contributed by atoms with van der Waals surface area (Å²) < 4.78 is 3.63. The van der Waals surface area contributed by atoms with Gasteiger partial charge in [-0.1, -0.05) is 4.49 Å². The Morgan fingerprint density at radius 2 is 2.28 bits per heavy atom. The molecule has 0 radical (unpaired) electrons. The zero-order valence-corrected chi connectivity index (χ0v) is 10.5. The van der Waals surface area contributed by atoms with Crippen molar-refractivity contribution in [2.75, 3.05) is 5.32 Å². The largest absolute Gasteiger partial charge is 0.478 e. The minimum Gasteiger partial charge on any atom is -0.478 e. The molecule has 0 atom stereocenters. The highest BCUT2D eigenvalue weighted by Crippen LogP contribution is 2.18. The molecule has 2 aromatic rings. The summed E-state index contributed by atoms with van der Waals surface area (Å²) in [7, 11) is 0. The molecule has 18 heavy (non-hydrogen) atoms. The van der Waals surface area contributed by atoms with Crippen LogP contribution >= 0.6 is 22.9 Å². The van der Waals surface area contributed by atoms with Crippen LogP contribution in [0.25, 0.3) is 6.08 Å². The van der Waals surface area contributed by atoms with Gasteiger partial charge in [-0.15, -0.1) is 16.4 Å². The number of nitrogens with zero attached hydrogens (tertiary/aromatic N) is 2. The van der Waals surface area contributed by atoms with Gasteiger partial charge in [-0.05, 0) is 12.1 Å². The van der Waals surface area contributed by atoms with Crippen molar-refractivity contribution in [2.24, 2.45) is 0 Å². The molecule has 2 N–H and O–H groups in total. The van der Waals surface area contributed by atoms with Crippen molar-refractivity contribution in [3.8, 4) is 0 Å². The predicted octanol–water partition coefficient (Wildman–Crippen LogP) is 1.95. The molecule has 0 bridgehead atoms. The number of aromatic nitrogens is 2. The fraction of sp³-hybridized carbons (Fsp3) is 0. The fourth-order valence-corrected chi connectivity index (χ4v) is 2.31. The van der Waals surface area contributed by atoms with Gasteiger partial charge in [0.05, 0.1) is 11.8 Å². The Kier molecular flexibility index (Phi) is 3.80. The number of carbonyl (C=O) groups excluding carboxylic acids is 1. The summed E-state index contributed by atoms with van der Waals surface area (Å²) in [5, 5.41) is 16.9. The quantitative estimate of drug-likeness (QED) is 0.836. The summed E-state index contributed by atoms with van der Waals surface area (Å²) in [6, 6.07) is 1.62. The minimum atomic E-state index is -1.02. The second-order valence-corrected chi connectivity index (χ2v) is 4.87. The first-order valence-electron chi connectivity index (χ1n) is 4.73. The maximum atomic E-state index is 11.8. The number of aliphatic carboxylic acids is 1. The van der Waals surface area contributed by atoms with Gasteiger partial charge < -0.3 is 10.4 Å². The molecule has 0 aliphatic rings. The molecule has 0 spiro atoms. The van der Waals surface area contributed by atoms with E-state index in [-0.39, 0.29) is 5.91 Å². The Morgan fingerprint density at radius 3 is 2.94 bits per heavy atom. The molecule has 0 aliphatic carbocycles. The summed E-state index contributed by atoms with van der Waals surface area (Å²) in [4.78, 5) is 22.8. The number of nitrogens with one attached hydrogen (secondary N) is 1. The first-order chi connectivity index (χ1) is 8.65. The molecule has 6 nitrogen and oxygen atoms in total. The van der Waals surface area contributed by atoms with Crippen molar-refractivity contribution in [1.82, 2.24) is 9.59 Å². The van der Waals surface area contributed by atoms with Crippen molar-refractivity contribution < 1.29 is 14.7 Å². The van der Waals surface area contributed by atoms with E-state index in [2.05, 4.69) is 14.9 Å². The molecule has 8 heteroatoms. The van der Waals surface area contributed by atoms with E-state index in [4.69, 9.17) is 5.11 Å². The summed E-state index contributed by atoms with van der Waals surface area (Å²) in [5.41, 5.74) is 0.471. The molecular formula is C10H7N3O3S2. The number of hydrogen-bond acceptors (Lipinski definition) is 6. The lowest BCUT2D eigenvalue weighted by molar-refractivity contribution is -0.131. The van der Waals surface area contributed by atoms with E-state index in [1.54, 1.807) is 11.4 Å². The third-order valence-electron chi connectivity index (χ3n) is 1.87. The Morgan fingerprint density at radius 1 is 1.44 bits per heavy atom. The topological polar surface area (TPSA) is 92.2 Å². The number of carbonyl (C=O) groups is 2. The monoisotopic (exact) mass is 281 g/mol. The lowest BCUT2D eigenvalue weighted by Gasteiger charge is -1.96. The van der Waals surface area contributed by atoms with Crippen LogP contribution in [0.5, 0.6) is 0 Å². The van der Waals surface area contributed by atoms with Gasteiger partial charge in [0, 0.05) is 27.9 Å². The van der Waals surface area contributed by atoms with Crippen molar-refractivity contribution in [3.63, 3.8) is 0 Å². The first kappa shape index (κ1) is 12.4. The van der Waals surface area contributed by atoms with Crippen molar-refractivity contribution in [3.05, 3.63) is 34.2 Å². The van der Waals surface area contributed by atoms with Gasteiger partial charge >= 0.3 is 5.97 Å². The molecule has 0 saturated heterocycles. The smallest absolute Gasteiger partial charge is 0.328 e. The molecule has 0 fully saturated rings. The molecule has 0 aromatic carbocycles. The third-order valence-corrected chi connectivity index (χ3v) is 3.35. The van der Waals surface area contributed by atoms with Crippen LogP contribution in [0.3, 0.4) is 0 Å². The highest BCUT2D eigenvalue weighted by molar-refractivity contribution is 7.11. The second kappa shape index (κ2) is 5.52. The number of hydrogen-bond donors (Lipinski definition) is 2. The van der Waals surface area contributed by atoms with Gasteiger partial charge in [0.1, 0.15) is 5.00 Å². The van der Waals surface area contributed by atoms with E-state index in [0.29, 0.717) is 15.4 Å². The van der Waals surface area contributed by atoms with Crippen molar-refractivity contribution in [1.29, 1.82) is 0 Å². The number of thiophene rings is 1. The van der Waals surface area contributed by atoms with Crippen molar-refractivity contribution >= 4 is 45.8 Å². The average molecular weight is 281 g/mol. The van der Waals surface area contributed by atoms with Crippen LogP contribution in [-0.2, 0) is 4.79 Å². The summed E-state index contributed by atoms with van der Waals surface area (Å²) >= 11 is 2.38. The van der Waals surface area contributed by atoms with E-state index >= 15 is 0 Å². The van der Waals surface area contributed by atoms with Crippen LogP contribution in [0, 0.1) is 0 Å². The second-order valence-electron chi connectivity index (χ2n) is 3.15. The van der Waals surface area contributed by atoms with Crippen LogP contribution in [0.15, 0.2) is 23.7 Å². The molecule has 0 aliphatic heterocycles. The van der Waals surface area contributed by atoms with Gasteiger partial charge in [0.2, 0.25) is 0 Å². The standard InChI is InChI=1S/C10H7N3O3S2/c14-9(15)2-1-7-3-6(5-17-7)10(16)12-8-4-11-13-18-8/h1-5H,(H,12,16)(H,14,15)/b2-1+. The molecule has 2 rings (SSSR count). The summed E-state index contributed by atoms with van der Waals surface area (Å²) in [6.45, 7) is 0. The zero-order valence-electron chi connectivity index (χ0n) is 8.86. The maximum Gasteiger partial charge on any atom is 0.328 e. The van der Waals surface area contributed by atoms with Crippen LogP contribution in [0.4, 0.5) is 5.00 Å². The van der Waals surface area contributed by atoms with Gasteiger partial charge in [0.15, 0.2) is 0 Å². The molecule has 2 heterocycles. The number of carboxylic acids is 1. The van der Waals surface area contributed by atoms with E-state index in [0.717, 1.165) is 17.6 Å². The number of amides is 1. The number of carboxylic acid groups (broad SMARTS) is 1. The molecule has 0 saturated carbocycles. The van der Waals surface area contributed by atoms with Crippen LogP contribution in [-0.4, -0.2) is 26.6 Å². The van der Waals surface area contributed by atoms with Gasteiger partial charge in [-0.25, -0.2) is 4.79 Å². The van der Waals surface area contributed by atoms with Crippen LogP contribution in [0.2, 0.25) is 0 Å². The van der Waals surface area contributed by atoms with E-state index in [1.165, 1.54) is 23.6 Å². The lowest BCUT2D eigenvalue weighted by atomic mass is 10.3. The van der Waals surface area contributed by atoms with Gasteiger partial charge in [-0.3, -0.25) is 4.79 Å². The van der Waals surface area contributed by atoms with Gasteiger partial charge in [-0.2, -0.15) is 0 Å². The highest BCUT2D eigenvalue weighted by atomic mass is 32.1. The lowest BCUT2D eigenvalue weighted by Crippen LogP contribution is -2.09. The highest BCUT2D eigenvalue weighted by Gasteiger charge is 2.09. The van der Waals surface area contributed by atoms with Crippen molar-refractivity contribution in [2.45, 2.75) is 0 Å². The number of rotatable bonds is 4. The Labute approximate surface area is 110 Å². The normalized spacial score (nSPS) is 10.7. The van der Waals surface area contributed by atoms with Gasteiger partial charge in [0.25, 0.3) is 5.91 Å². The predicted molar refractivity (Wildman–Crippen MR) is 68.9 cm³/mol. The molecule has 1 amide bonds. The molecule has 92 valence electrons. The minimum absolute atomic E-state index is 0.271. The summed E-state index contributed by atoms with van der Waals surface area (Å²) in [5.74, 6) is -1.29. The number of anilines is 1. The maximum absolute atomic E-state index is 11.8. The Hall–Kier alpha value is -2.06. The first-order valence-corrected chi connectivity index (χ1v) is 6.39. The van der Waals surface area contributed by atoms with Crippen LogP contribution in [0.1, 0.15) is 15.2 Å². The SMILES string of the molecule is O=C(O)/C=C/c1cc(C(=O)Nc2cnns2)cs1. The Bertz CT molecular complexity index is 589. The molecule has 2 aromatic heterocycles. The Balaban J connectivity index is 2.05. The fourth-order valence-electron chi connectivity index (χ4n) is 1.12.